The van der Waals surface area contributed by atoms with Gasteiger partial charge in [0.15, 0.2) is 17.1 Å². The number of hydrogen-bond donors (Lipinski definition) is 2. The number of amides is 2. The van der Waals surface area contributed by atoms with Crippen LogP contribution in [0.5, 0.6) is 11.5 Å². The second kappa shape index (κ2) is 7.08. The number of methoxy groups -OCH3 is 2. The number of anilines is 1. The molecule has 0 spiro atoms. The molecule has 0 radical (unpaired) electrons. The summed E-state index contributed by atoms with van der Waals surface area (Å²) < 4.78 is 12.1. The van der Waals surface area contributed by atoms with Gasteiger partial charge in [-0.3, -0.25) is 0 Å². The number of nitrogens with zero attached hydrogens (tertiary/aromatic N) is 3. The van der Waals surface area contributed by atoms with Crippen molar-refractivity contribution in [2.45, 2.75) is 13.5 Å². The number of nitrogens with one attached hydrogen (secondary N) is 2. The van der Waals surface area contributed by atoms with Gasteiger partial charge >= 0.3 is 6.03 Å². The average molecular weight is 341 g/mol. The number of ether oxygens (including phenoxy) is 2. The number of aryl methyl sites for hydroxylation is 1. The summed E-state index contributed by atoms with van der Waals surface area (Å²) in [6, 6.07) is 7.01. The zero-order chi connectivity index (χ0) is 17.8. The maximum Gasteiger partial charge on any atom is 0.319 e. The molecule has 0 aliphatic carbocycles. The minimum atomic E-state index is -0.334. The van der Waals surface area contributed by atoms with Crippen LogP contribution in [-0.2, 0) is 6.54 Å². The fourth-order valence-electron chi connectivity index (χ4n) is 2.41. The van der Waals surface area contributed by atoms with Gasteiger partial charge in [0.25, 0.3) is 0 Å². The zero-order valence-corrected chi connectivity index (χ0v) is 14.2. The van der Waals surface area contributed by atoms with Gasteiger partial charge in [-0.15, -0.1) is 0 Å². The molecule has 0 bridgehead atoms. The van der Waals surface area contributed by atoms with Crippen LogP contribution in [0.25, 0.3) is 5.65 Å². The van der Waals surface area contributed by atoms with E-state index >= 15 is 0 Å². The van der Waals surface area contributed by atoms with Gasteiger partial charge in [0, 0.05) is 12.6 Å². The molecule has 2 aromatic heterocycles. The van der Waals surface area contributed by atoms with Crippen molar-refractivity contribution in [1.82, 2.24) is 19.9 Å². The van der Waals surface area contributed by atoms with Gasteiger partial charge in [0.1, 0.15) is 0 Å². The van der Waals surface area contributed by atoms with Crippen LogP contribution in [-0.4, -0.2) is 34.8 Å². The summed E-state index contributed by atoms with van der Waals surface area (Å²) in [6.07, 6.45) is 3.30. The Bertz CT molecular complexity index is 906. The maximum atomic E-state index is 12.1. The van der Waals surface area contributed by atoms with Gasteiger partial charge in [0.05, 0.1) is 38.0 Å². The molecule has 130 valence electrons. The molecule has 0 saturated carbocycles. The van der Waals surface area contributed by atoms with E-state index in [2.05, 4.69) is 20.7 Å². The van der Waals surface area contributed by atoms with E-state index < -0.39 is 0 Å². The van der Waals surface area contributed by atoms with Crippen LogP contribution in [0.4, 0.5) is 10.5 Å². The number of benzene rings is 1. The van der Waals surface area contributed by atoms with Crippen LogP contribution in [0.15, 0.2) is 36.7 Å². The van der Waals surface area contributed by atoms with E-state index in [1.54, 1.807) is 37.2 Å². The fourth-order valence-corrected chi connectivity index (χ4v) is 2.41. The third kappa shape index (κ3) is 3.79. The molecule has 2 amide bonds. The number of carbonyl (C=O) groups is 1. The Labute approximate surface area is 144 Å². The number of aromatic nitrogens is 3. The van der Waals surface area contributed by atoms with Crippen molar-refractivity contribution >= 4 is 17.4 Å². The Morgan fingerprint density at radius 3 is 2.76 bits per heavy atom. The molecular formula is C17H19N5O3. The van der Waals surface area contributed by atoms with Crippen molar-refractivity contribution in [3.8, 4) is 11.5 Å². The highest BCUT2D eigenvalue weighted by Crippen LogP contribution is 2.27. The Morgan fingerprint density at radius 1 is 1.20 bits per heavy atom. The maximum absolute atomic E-state index is 12.1. The largest absolute Gasteiger partial charge is 0.493 e. The molecule has 0 atom stereocenters. The summed E-state index contributed by atoms with van der Waals surface area (Å²) in [7, 11) is 3.15. The van der Waals surface area contributed by atoms with Gasteiger partial charge in [-0.1, -0.05) is 6.07 Å². The topological polar surface area (TPSA) is 89.8 Å². The van der Waals surface area contributed by atoms with Crippen LogP contribution in [0.2, 0.25) is 0 Å². The predicted octanol–water partition coefficient (Wildman–Crippen LogP) is 2.38. The first-order valence-electron chi connectivity index (χ1n) is 7.67. The molecule has 0 unspecified atom stereocenters. The molecule has 25 heavy (non-hydrogen) atoms. The summed E-state index contributed by atoms with van der Waals surface area (Å²) in [5, 5.41) is 9.79. The molecule has 1 aromatic carbocycles. The Hall–Kier alpha value is -3.29. The fraction of sp³-hybridized carbons (Fsp3) is 0.235. The van der Waals surface area contributed by atoms with Crippen molar-refractivity contribution in [3.63, 3.8) is 0 Å². The average Bonchev–Trinajstić information content (AvgIpc) is 2.99. The van der Waals surface area contributed by atoms with E-state index in [1.807, 2.05) is 25.1 Å². The third-order valence-corrected chi connectivity index (χ3v) is 3.59. The van der Waals surface area contributed by atoms with Crippen LogP contribution < -0.4 is 20.1 Å². The normalized spacial score (nSPS) is 10.5. The lowest BCUT2D eigenvalue weighted by atomic mass is 10.2. The molecule has 3 rings (SSSR count). The SMILES string of the molecule is COc1ccc(CNC(=O)Nc2cnc3cc(C)nn3c2)cc1OC. The van der Waals surface area contributed by atoms with Gasteiger partial charge < -0.3 is 20.1 Å². The minimum absolute atomic E-state index is 0.334. The molecule has 8 heteroatoms. The number of carbonyl (C=O) groups excluding carboxylic acids is 1. The Balaban J connectivity index is 1.62. The molecular weight excluding hydrogens is 322 g/mol. The molecule has 2 heterocycles. The lowest BCUT2D eigenvalue weighted by Gasteiger charge is -2.11. The second-order valence-corrected chi connectivity index (χ2v) is 5.43. The standard InChI is InChI=1S/C17H19N5O3/c1-11-6-16-18-9-13(10-22(16)21-11)20-17(23)19-8-12-4-5-14(24-2)15(7-12)25-3/h4-7,9-10H,8H2,1-3H3,(H2,19,20,23). The number of hydrogen-bond acceptors (Lipinski definition) is 5. The van der Waals surface area contributed by atoms with E-state index in [-0.39, 0.29) is 6.03 Å². The van der Waals surface area contributed by atoms with E-state index in [1.165, 1.54) is 0 Å². The van der Waals surface area contributed by atoms with Crippen LogP contribution in [0.1, 0.15) is 11.3 Å². The highest BCUT2D eigenvalue weighted by atomic mass is 16.5. The summed E-state index contributed by atoms with van der Waals surface area (Å²) in [5.74, 6) is 1.26. The summed E-state index contributed by atoms with van der Waals surface area (Å²) in [6.45, 7) is 2.24. The Morgan fingerprint density at radius 2 is 2.00 bits per heavy atom. The van der Waals surface area contributed by atoms with Crippen LogP contribution >= 0.6 is 0 Å². The number of rotatable bonds is 5. The third-order valence-electron chi connectivity index (χ3n) is 3.59. The molecule has 2 N–H and O–H groups in total. The van der Waals surface area contributed by atoms with E-state index in [0.29, 0.717) is 23.7 Å². The molecule has 0 saturated heterocycles. The molecule has 0 fully saturated rings. The number of urea groups is 1. The van der Waals surface area contributed by atoms with Gasteiger partial charge in [-0.25, -0.2) is 14.3 Å². The van der Waals surface area contributed by atoms with Crippen LogP contribution in [0.3, 0.4) is 0 Å². The Kier molecular flexibility index (Phi) is 4.69. The van der Waals surface area contributed by atoms with Gasteiger partial charge in [0.2, 0.25) is 0 Å². The quantitative estimate of drug-likeness (QED) is 0.744. The van der Waals surface area contributed by atoms with Crippen LogP contribution in [0, 0.1) is 6.92 Å². The van der Waals surface area contributed by atoms with Gasteiger partial charge in [-0.2, -0.15) is 5.10 Å². The summed E-state index contributed by atoms with van der Waals surface area (Å²) in [5.41, 5.74) is 3.04. The first-order chi connectivity index (χ1) is 12.1. The van der Waals surface area contributed by atoms with Crippen molar-refractivity contribution in [3.05, 3.63) is 47.9 Å². The van der Waals surface area contributed by atoms with Crippen molar-refractivity contribution in [2.24, 2.45) is 0 Å². The monoisotopic (exact) mass is 341 g/mol. The van der Waals surface area contributed by atoms with Crippen molar-refractivity contribution in [1.29, 1.82) is 0 Å². The summed E-state index contributed by atoms with van der Waals surface area (Å²) in [4.78, 5) is 16.3. The number of fused-ring (bicyclic) bond motifs is 1. The zero-order valence-electron chi connectivity index (χ0n) is 14.2. The van der Waals surface area contributed by atoms with Gasteiger partial charge in [-0.05, 0) is 24.6 Å². The highest BCUT2D eigenvalue weighted by molar-refractivity contribution is 5.88. The molecule has 3 aromatic rings. The molecule has 0 aliphatic heterocycles. The summed E-state index contributed by atoms with van der Waals surface area (Å²) >= 11 is 0. The minimum Gasteiger partial charge on any atom is -0.493 e. The lowest BCUT2D eigenvalue weighted by Crippen LogP contribution is -2.28. The predicted molar refractivity (Wildman–Crippen MR) is 93.1 cm³/mol. The lowest BCUT2D eigenvalue weighted by molar-refractivity contribution is 0.251. The van der Waals surface area contributed by atoms with E-state index in [0.717, 1.165) is 16.9 Å². The first kappa shape index (κ1) is 16.6. The van der Waals surface area contributed by atoms with E-state index in [4.69, 9.17) is 9.47 Å². The molecule has 8 nitrogen and oxygen atoms in total. The highest BCUT2D eigenvalue weighted by Gasteiger charge is 2.07. The molecule has 0 aliphatic rings. The second-order valence-electron chi connectivity index (χ2n) is 5.43. The van der Waals surface area contributed by atoms with Crippen molar-refractivity contribution in [2.75, 3.05) is 19.5 Å². The smallest absolute Gasteiger partial charge is 0.319 e. The first-order valence-corrected chi connectivity index (χ1v) is 7.67. The van der Waals surface area contributed by atoms with Crippen molar-refractivity contribution < 1.29 is 14.3 Å². The van der Waals surface area contributed by atoms with E-state index in [9.17, 15) is 4.79 Å².